The van der Waals surface area contributed by atoms with Gasteiger partial charge in [-0.3, -0.25) is 14.5 Å². The lowest BCUT2D eigenvalue weighted by molar-refractivity contribution is -0.137. The van der Waals surface area contributed by atoms with Gasteiger partial charge in [0.2, 0.25) is 0 Å². The first-order chi connectivity index (χ1) is 7.75. The lowest BCUT2D eigenvalue weighted by Gasteiger charge is -2.13. The number of amides is 2. The van der Waals surface area contributed by atoms with Crippen molar-refractivity contribution >= 4 is 51.3 Å². The first kappa shape index (κ1) is 12.5. The molecule has 88 valence electrons. The third-order valence-electron chi connectivity index (χ3n) is 2.43. The molecule has 0 atom stereocenters. The molecule has 0 bridgehead atoms. The van der Waals surface area contributed by atoms with E-state index in [0.29, 0.717) is 16.4 Å². The molecular weight excluding hydrogens is 310 g/mol. The summed E-state index contributed by atoms with van der Waals surface area (Å²) in [5.74, 6) is 1.70. The first-order valence-corrected chi connectivity index (χ1v) is 8.27. The third kappa shape index (κ3) is 2.33. The van der Waals surface area contributed by atoms with Crippen LogP contribution >= 0.6 is 39.5 Å². The molecule has 0 unspecified atom stereocenters. The van der Waals surface area contributed by atoms with Crippen LogP contribution in [0, 0.1) is 0 Å². The summed E-state index contributed by atoms with van der Waals surface area (Å²) in [6.45, 7) is 0.553. The number of carbonyl (C=O) groups excluding carboxylic acids is 2. The van der Waals surface area contributed by atoms with E-state index in [1.165, 1.54) is 28.4 Å². The van der Waals surface area contributed by atoms with E-state index in [9.17, 15) is 9.59 Å². The highest BCUT2D eigenvalue weighted by Crippen LogP contribution is 2.40. The van der Waals surface area contributed by atoms with Crippen LogP contribution in [0.1, 0.15) is 12.8 Å². The van der Waals surface area contributed by atoms with E-state index < -0.39 is 0 Å². The molecule has 0 fully saturated rings. The van der Waals surface area contributed by atoms with E-state index in [4.69, 9.17) is 0 Å². The number of thioether (sulfide) groups is 2. The van der Waals surface area contributed by atoms with Crippen molar-refractivity contribution in [2.24, 2.45) is 0 Å². The molecule has 0 spiro atoms. The second-order valence-electron chi connectivity index (χ2n) is 3.51. The van der Waals surface area contributed by atoms with Gasteiger partial charge in [0.1, 0.15) is 0 Å². The minimum absolute atomic E-state index is 0.0771. The number of hydrogen-bond donors (Lipinski definition) is 0. The molecule has 0 saturated carbocycles. The normalized spacial score (nSPS) is 20.7. The molecule has 6 heteroatoms. The van der Waals surface area contributed by atoms with Gasteiger partial charge in [-0.25, -0.2) is 0 Å². The van der Waals surface area contributed by atoms with Gasteiger partial charge in [-0.05, 0) is 12.8 Å². The van der Waals surface area contributed by atoms with Crippen molar-refractivity contribution in [2.75, 3.05) is 23.4 Å². The van der Waals surface area contributed by atoms with Gasteiger partial charge >= 0.3 is 0 Å². The standard InChI is InChI=1S/C10H12BrNO2S2/c11-3-1-2-4-12-9(13)7-8(10(12)14)16-6-5-15-7/h1-6H2. The van der Waals surface area contributed by atoms with Crippen LogP contribution < -0.4 is 0 Å². The number of carbonyl (C=O) groups is 2. The van der Waals surface area contributed by atoms with Gasteiger partial charge in [-0.1, -0.05) is 15.9 Å². The smallest absolute Gasteiger partial charge is 0.268 e. The van der Waals surface area contributed by atoms with Crippen LogP contribution in [0.5, 0.6) is 0 Å². The lowest BCUT2D eigenvalue weighted by Crippen LogP contribution is -2.32. The number of nitrogens with zero attached hydrogens (tertiary/aromatic N) is 1. The van der Waals surface area contributed by atoms with Crippen molar-refractivity contribution < 1.29 is 9.59 Å². The Morgan fingerprint density at radius 2 is 1.62 bits per heavy atom. The molecule has 0 aliphatic carbocycles. The van der Waals surface area contributed by atoms with Crippen molar-refractivity contribution in [3.8, 4) is 0 Å². The number of unbranched alkanes of at least 4 members (excludes halogenated alkanes) is 1. The zero-order valence-electron chi connectivity index (χ0n) is 8.70. The Morgan fingerprint density at radius 1 is 1.06 bits per heavy atom. The summed E-state index contributed by atoms with van der Waals surface area (Å²) in [6, 6.07) is 0. The predicted octanol–water partition coefficient (Wildman–Crippen LogP) is 2.22. The molecule has 2 rings (SSSR count). The van der Waals surface area contributed by atoms with Crippen LogP contribution in [-0.2, 0) is 9.59 Å². The summed E-state index contributed by atoms with van der Waals surface area (Å²) < 4.78 is 0. The highest BCUT2D eigenvalue weighted by molar-refractivity contribution is 9.09. The average molecular weight is 322 g/mol. The number of alkyl halides is 1. The maximum Gasteiger partial charge on any atom is 0.268 e. The fourth-order valence-electron chi connectivity index (χ4n) is 1.64. The summed E-state index contributed by atoms with van der Waals surface area (Å²) in [7, 11) is 0. The number of hydrogen-bond acceptors (Lipinski definition) is 4. The van der Waals surface area contributed by atoms with E-state index in [2.05, 4.69) is 15.9 Å². The Kier molecular flexibility index (Phi) is 4.38. The molecule has 2 aliphatic rings. The zero-order chi connectivity index (χ0) is 11.5. The Hall–Kier alpha value is 0.0600. The maximum absolute atomic E-state index is 11.9. The van der Waals surface area contributed by atoms with Crippen LogP contribution in [0.15, 0.2) is 9.81 Å². The third-order valence-corrected chi connectivity index (χ3v) is 5.53. The summed E-state index contributed by atoms with van der Waals surface area (Å²) in [5.41, 5.74) is 0. The predicted molar refractivity (Wildman–Crippen MR) is 71.7 cm³/mol. The molecule has 2 heterocycles. The van der Waals surface area contributed by atoms with Crippen molar-refractivity contribution in [3.63, 3.8) is 0 Å². The van der Waals surface area contributed by atoms with Gasteiger partial charge in [0.25, 0.3) is 11.8 Å². The highest BCUT2D eigenvalue weighted by atomic mass is 79.9. The van der Waals surface area contributed by atoms with Crippen LogP contribution in [0.2, 0.25) is 0 Å². The highest BCUT2D eigenvalue weighted by Gasteiger charge is 2.39. The van der Waals surface area contributed by atoms with Gasteiger partial charge in [0, 0.05) is 23.4 Å². The minimum Gasteiger partial charge on any atom is -0.273 e. The van der Waals surface area contributed by atoms with Crippen LogP contribution in [0.25, 0.3) is 0 Å². The fourth-order valence-corrected chi connectivity index (χ4v) is 4.37. The van der Waals surface area contributed by atoms with Gasteiger partial charge < -0.3 is 0 Å². The Balaban J connectivity index is 2.03. The summed E-state index contributed by atoms with van der Waals surface area (Å²) in [4.78, 5) is 26.7. The summed E-state index contributed by atoms with van der Waals surface area (Å²) in [6.07, 6.45) is 1.86. The van der Waals surface area contributed by atoms with Crippen LogP contribution in [0.3, 0.4) is 0 Å². The number of imide groups is 1. The topological polar surface area (TPSA) is 37.4 Å². The van der Waals surface area contributed by atoms with E-state index in [0.717, 1.165) is 29.7 Å². The van der Waals surface area contributed by atoms with Gasteiger partial charge in [0.05, 0.1) is 9.81 Å². The summed E-state index contributed by atoms with van der Waals surface area (Å²) >= 11 is 6.40. The Bertz CT molecular complexity index is 329. The molecule has 0 aromatic rings. The average Bonchev–Trinajstić information content (AvgIpc) is 2.55. The largest absolute Gasteiger partial charge is 0.273 e. The van der Waals surface area contributed by atoms with E-state index in [-0.39, 0.29) is 11.8 Å². The number of rotatable bonds is 4. The van der Waals surface area contributed by atoms with Crippen LogP contribution in [-0.4, -0.2) is 40.1 Å². The molecule has 0 saturated heterocycles. The fraction of sp³-hybridized carbons (Fsp3) is 0.600. The maximum atomic E-state index is 11.9. The molecule has 0 N–H and O–H groups in total. The Labute approximate surface area is 112 Å². The Morgan fingerprint density at radius 3 is 2.12 bits per heavy atom. The van der Waals surface area contributed by atoms with Crippen molar-refractivity contribution in [1.82, 2.24) is 4.90 Å². The molecule has 3 nitrogen and oxygen atoms in total. The van der Waals surface area contributed by atoms with E-state index in [1.807, 2.05) is 0 Å². The van der Waals surface area contributed by atoms with Gasteiger partial charge in [-0.15, -0.1) is 23.5 Å². The molecule has 0 aromatic carbocycles. The van der Waals surface area contributed by atoms with Crippen LogP contribution in [0.4, 0.5) is 0 Å². The molecule has 2 amide bonds. The first-order valence-electron chi connectivity index (χ1n) is 5.17. The SMILES string of the molecule is O=C1C2=C(SCCS2)C(=O)N1CCCCBr. The monoisotopic (exact) mass is 321 g/mol. The van der Waals surface area contributed by atoms with Crippen molar-refractivity contribution in [3.05, 3.63) is 9.81 Å². The molecule has 2 aliphatic heterocycles. The second kappa shape index (κ2) is 5.60. The van der Waals surface area contributed by atoms with Gasteiger partial charge in [0.15, 0.2) is 0 Å². The van der Waals surface area contributed by atoms with E-state index in [1.54, 1.807) is 0 Å². The zero-order valence-corrected chi connectivity index (χ0v) is 11.9. The summed E-state index contributed by atoms with van der Waals surface area (Å²) in [5, 5.41) is 0.917. The van der Waals surface area contributed by atoms with E-state index >= 15 is 0 Å². The molecule has 0 radical (unpaired) electrons. The number of halogens is 1. The molecular formula is C10H12BrNO2S2. The van der Waals surface area contributed by atoms with Crippen molar-refractivity contribution in [1.29, 1.82) is 0 Å². The molecule has 16 heavy (non-hydrogen) atoms. The van der Waals surface area contributed by atoms with Crippen molar-refractivity contribution in [2.45, 2.75) is 12.8 Å². The molecule has 0 aromatic heterocycles. The van der Waals surface area contributed by atoms with Gasteiger partial charge in [-0.2, -0.15) is 0 Å². The lowest BCUT2D eigenvalue weighted by atomic mass is 10.3. The second-order valence-corrected chi connectivity index (χ2v) is 6.52. The minimum atomic E-state index is -0.0771. The quantitative estimate of drug-likeness (QED) is 0.452.